The summed E-state index contributed by atoms with van der Waals surface area (Å²) in [5.41, 5.74) is 1.02. The lowest BCUT2D eigenvalue weighted by Gasteiger charge is -2.21. The predicted molar refractivity (Wildman–Crippen MR) is 56.9 cm³/mol. The van der Waals surface area contributed by atoms with Crippen LogP contribution in [0.5, 0.6) is 0 Å². The molecule has 2 heterocycles. The van der Waals surface area contributed by atoms with E-state index in [-0.39, 0.29) is 5.78 Å². The highest BCUT2D eigenvalue weighted by atomic mass is 16.5. The summed E-state index contributed by atoms with van der Waals surface area (Å²) in [6, 6.07) is 1.85. The first kappa shape index (κ1) is 10.3. The number of hydrogen-bond acceptors (Lipinski definition) is 3. The van der Waals surface area contributed by atoms with Crippen molar-refractivity contribution in [2.45, 2.75) is 32.3 Å². The molecule has 1 aliphatic heterocycles. The number of aryl methyl sites for hydroxylation is 1. The monoisotopic (exact) mass is 205 g/mol. The molecule has 80 valence electrons. The Balaban J connectivity index is 2.32. The quantitative estimate of drug-likeness (QED) is 0.694. The zero-order valence-electron chi connectivity index (χ0n) is 9.12. The zero-order chi connectivity index (χ0) is 10.9. The maximum atomic E-state index is 12.2. The standard InChI is InChI=1S/C12H15NO2/c1-9-4-6-13-8-10(9)11(14)12(2)5-3-7-15-12/h4,6,8H,3,5,7H2,1-2H3. The van der Waals surface area contributed by atoms with Crippen LogP contribution in [-0.4, -0.2) is 23.0 Å². The second-order valence-corrected chi connectivity index (χ2v) is 4.20. The molecule has 3 heteroatoms. The van der Waals surface area contributed by atoms with Gasteiger partial charge in [-0.05, 0) is 38.3 Å². The van der Waals surface area contributed by atoms with Crippen molar-refractivity contribution in [3.05, 3.63) is 29.6 Å². The van der Waals surface area contributed by atoms with E-state index in [2.05, 4.69) is 4.98 Å². The number of hydrogen-bond donors (Lipinski definition) is 0. The van der Waals surface area contributed by atoms with Gasteiger partial charge >= 0.3 is 0 Å². The normalized spacial score (nSPS) is 25.5. The van der Waals surface area contributed by atoms with Crippen LogP contribution in [0, 0.1) is 6.92 Å². The van der Waals surface area contributed by atoms with E-state index in [9.17, 15) is 4.79 Å². The average Bonchev–Trinajstić information content (AvgIpc) is 2.66. The highest BCUT2D eigenvalue weighted by Gasteiger charge is 2.38. The Morgan fingerprint density at radius 1 is 1.60 bits per heavy atom. The lowest BCUT2D eigenvalue weighted by Crippen LogP contribution is -2.34. The van der Waals surface area contributed by atoms with Crippen LogP contribution in [0.15, 0.2) is 18.5 Å². The van der Waals surface area contributed by atoms with Crippen molar-refractivity contribution in [1.29, 1.82) is 0 Å². The average molecular weight is 205 g/mol. The predicted octanol–water partition coefficient (Wildman–Crippen LogP) is 2.14. The van der Waals surface area contributed by atoms with Gasteiger partial charge in [0.15, 0.2) is 5.78 Å². The maximum absolute atomic E-state index is 12.2. The van der Waals surface area contributed by atoms with Crippen molar-refractivity contribution in [3.8, 4) is 0 Å². The third-order valence-corrected chi connectivity index (χ3v) is 2.98. The number of Topliss-reactive ketones (excluding diaryl/α,β-unsaturated/α-hetero) is 1. The van der Waals surface area contributed by atoms with Crippen molar-refractivity contribution < 1.29 is 9.53 Å². The Morgan fingerprint density at radius 3 is 3.00 bits per heavy atom. The SMILES string of the molecule is Cc1ccncc1C(=O)C1(C)CCCO1. The fraction of sp³-hybridized carbons (Fsp3) is 0.500. The summed E-state index contributed by atoms with van der Waals surface area (Å²) in [6.45, 7) is 4.48. The minimum Gasteiger partial charge on any atom is -0.367 e. The summed E-state index contributed by atoms with van der Waals surface area (Å²) in [6.07, 6.45) is 5.09. The van der Waals surface area contributed by atoms with Crippen molar-refractivity contribution >= 4 is 5.78 Å². The number of rotatable bonds is 2. The number of nitrogens with zero attached hydrogens (tertiary/aromatic N) is 1. The molecule has 15 heavy (non-hydrogen) atoms. The van der Waals surface area contributed by atoms with E-state index in [0.29, 0.717) is 12.2 Å². The van der Waals surface area contributed by atoms with E-state index in [0.717, 1.165) is 18.4 Å². The highest BCUT2D eigenvalue weighted by Crippen LogP contribution is 2.29. The Morgan fingerprint density at radius 2 is 2.40 bits per heavy atom. The van der Waals surface area contributed by atoms with Crippen LogP contribution in [0.25, 0.3) is 0 Å². The van der Waals surface area contributed by atoms with Gasteiger partial charge in [0.2, 0.25) is 0 Å². The lowest BCUT2D eigenvalue weighted by molar-refractivity contribution is 0.0212. The smallest absolute Gasteiger partial charge is 0.196 e. The van der Waals surface area contributed by atoms with Crippen molar-refractivity contribution in [3.63, 3.8) is 0 Å². The third kappa shape index (κ3) is 1.79. The van der Waals surface area contributed by atoms with Crippen molar-refractivity contribution in [2.75, 3.05) is 6.61 Å². The number of carbonyl (C=O) groups excluding carboxylic acids is 1. The summed E-state index contributed by atoms with van der Waals surface area (Å²) in [5, 5.41) is 0. The Hall–Kier alpha value is -1.22. The molecule has 0 bridgehead atoms. The van der Waals surface area contributed by atoms with Gasteiger partial charge in [0.1, 0.15) is 5.60 Å². The molecule has 1 aromatic rings. The van der Waals surface area contributed by atoms with E-state index >= 15 is 0 Å². The number of ether oxygens (including phenoxy) is 1. The van der Waals surface area contributed by atoms with Crippen LogP contribution in [0.4, 0.5) is 0 Å². The van der Waals surface area contributed by atoms with Gasteiger partial charge in [0.25, 0.3) is 0 Å². The number of ketones is 1. The molecule has 1 unspecified atom stereocenters. The molecule has 0 saturated carbocycles. The second kappa shape index (κ2) is 3.74. The van der Waals surface area contributed by atoms with Gasteiger partial charge in [-0.3, -0.25) is 9.78 Å². The van der Waals surface area contributed by atoms with Gasteiger partial charge in [-0.15, -0.1) is 0 Å². The molecule has 1 atom stereocenters. The molecule has 0 amide bonds. The van der Waals surface area contributed by atoms with Crippen LogP contribution >= 0.6 is 0 Å². The first-order chi connectivity index (χ1) is 7.13. The minimum absolute atomic E-state index is 0.0607. The van der Waals surface area contributed by atoms with Gasteiger partial charge in [-0.2, -0.15) is 0 Å². The molecule has 1 saturated heterocycles. The first-order valence-electron chi connectivity index (χ1n) is 5.23. The van der Waals surface area contributed by atoms with Gasteiger partial charge in [0.05, 0.1) is 0 Å². The molecule has 0 aromatic carbocycles. The minimum atomic E-state index is -0.631. The molecular formula is C12H15NO2. The largest absolute Gasteiger partial charge is 0.367 e. The van der Waals surface area contributed by atoms with Gasteiger partial charge in [0, 0.05) is 24.6 Å². The summed E-state index contributed by atoms with van der Waals surface area (Å²) in [4.78, 5) is 16.2. The number of aromatic nitrogens is 1. The van der Waals surface area contributed by atoms with Crippen LogP contribution in [0.1, 0.15) is 35.7 Å². The summed E-state index contributed by atoms with van der Waals surface area (Å²) >= 11 is 0. The van der Waals surface area contributed by atoms with Gasteiger partial charge in [-0.25, -0.2) is 0 Å². The molecule has 3 nitrogen and oxygen atoms in total. The number of carbonyl (C=O) groups is 1. The van der Waals surface area contributed by atoms with Crippen LogP contribution in [-0.2, 0) is 4.74 Å². The Kier molecular flexibility index (Phi) is 2.57. The summed E-state index contributed by atoms with van der Waals surface area (Å²) in [7, 11) is 0. The fourth-order valence-electron chi connectivity index (χ4n) is 1.94. The van der Waals surface area contributed by atoms with Gasteiger partial charge < -0.3 is 4.74 Å². The highest BCUT2D eigenvalue weighted by molar-refractivity contribution is 6.03. The zero-order valence-corrected chi connectivity index (χ0v) is 9.12. The second-order valence-electron chi connectivity index (χ2n) is 4.20. The van der Waals surface area contributed by atoms with Gasteiger partial charge in [-0.1, -0.05) is 0 Å². The van der Waals surface area contributed by atoms with E-state index in [1.165, 1.54) is 0 Å². The summed E-state index contributed by atoms with van der Waals surface area (Å²) in [5.74, 6) is 0.0607. The van der Waals surface area contributed by atoms with Crippen molar-refractivity contribution in [2.24, 2.45) is 0 Å². The maximum Gasteiger partial charge on any atom is 0.196 e. The molecule has 1 aliphatic rings. The van der Waals surface area contributed by atoms with Crippen LogP contribution in [0.2, 0.25) is 0 Å². The fourth-order valence-corrected chi connectivity index (χ4v) is 1.94. The van der Waals surface area contributed by atoms with E-state index in [4.69, 9.17) is 4.74 Å². The topological polar surface area (TPSA) is 39.2 Å². The molecule has 1 aromatic heterocycles. The van der Waals surface area contributed by atoms with E-state index in [1.54, 1.807) is 12.4 Å². The third-order valence-electron chi connectivity index (χ3n) is 2.98. The molecule has 0 radical (unpaired) electrons. The van der Waals surface area contributed by atoms with Crippen LogP contribution in [0.3, 0.4) is 0 Å². The van der Waals surface area contributed by atoms with Crippen LogP contribution < -0.4 is 0 Å². The molecule has 2 rings (SSSR count). The Labute approximate surface area is 89.5 Å². The molecule has 0 spiro atoms. The number of pyridine rings is 1. The lowest BCUT2D eigenvalue weighted by atomic mass is 9.91. The van der Waals surface area contributed by atoms with E-state index in [1.807, 2.05) is 19.9 Å². The molecule has 1 fully saturated rings. The first-order valence-corrected chi connectivity index (χ1v) is 5.23. The van der Waals surface area contributed by atoms with E-state index < -0.39 is 5.60 Å². The van der Waals surface area contributed by atoms with Crippen molar-refractivity contribution in [1.82, 2.24) is 4.98 Å². The molecule has 0 aliphatic carbocycles. The summed E-state index contributed by atoms with van der Waals surface area (Å²) < 4.78 is 5.53. The molecule has 0 N–H and O–H groups in total. The Bertz CT molecular complexity index is 381. The molecular weight excluding hydrogens is 190 g/mol.